The van der Waals surface area contributed by atoms with Crippen molar-refractivity contribution >= 4 is 32.7 Å². The summed E-state index contributed by atoms with van der Waals surface area (Å²) in [4.78, 5) is 19.0. The van der Waals surface area contributed by atoms with Crippen molar-refractivity contribution < 1.29 is 0 Å². The highest BCUT2D eigenvalue weighted by Gasteiger charge is 2.26. The van der Waals surface area contributed by atoms with Gasteiger partial charge in [-0.2, -0.15) is 0 Å². The fourth-order valence-corrected chi connectivity index (χ4v) is 6.99. The van der Waals surface area contributed by atoms with Gasteiger partial charge in [0.25, 0.3) is 0 Å². The Morgan fingerprint density at radius 3 is 1.82 bits per heavy atom. The van der Waals surface area contributed by atoms with Crippen LogP contribution in [0.2, 0.25) is 0 Å². The Labute approximate surface area is 254 Å². The van der Waals surface area contributed by atoms with Crippen molar-refractivity contribution in [2.45, 2.75) is 25.7 Å². The summed E-state index contributed by atoms with van der Waals surface area (Å²) in [7, 11) is 0. The van der Waals surface area contributed by atoms with Crippen molar-refractivity contribution in [1.29, 1.82) is 0 Å². The van der Waals surface area contributed by atoms with E-state index in [1.165, 1.54) is 45.8 Å². The third kappa shape index (κ3) is 3.81. The zero-order chi connectivity index (χ0) is 29.0. The zero-order valence-electron chi connectivity index (χ0n) is 24.1. The first-order chi connectivity index (χ1) is 21.8. The summed E-state index contributed by atoms with van der Waals surface area (Å²) in [5, 5.41) is 3.77. The molecule has 8 aromatic rings. The third-order valence-corrected chi connectivity index (χ3v) is 8.94. The minimum absolute atomic E-state index is 0.885. The van der Waals surface area contributed by atoms with Crippen molar-refractivity contribution in [3.63, 3.8) is 0 Å². The van der Waals surface area contributed by atoms with E-state index in [2.05, 4.69) is 79.8 Å². The lowest BCUT2D eigenvalue weighted by Crippen LogP contribution is -2.08. The van der Waals surface area contributed by atoms with Gasteiger partial charge in [-0.15, -0.1) is 0 Å². The molecule has 0 aliphatic heterocycles. The molecule has 1 aliphatic rings. The van der Waals surface area contributed by atoms with Crippen LogP contribution in [0.25, 0.3) is 66.9 Å². The van der Waals surface area contributed by atoms with Crippen LogP contribution in [0.5, 0.6) is 0 Å². The van der Waals surface area contributed by atoms with Crippen LogP contribution in [0.1, 0.15) is 24.1 Å². The summed E-state index contributed by atoms with van der Waals surface area (Å²) in [6, 6.07) is 33.7. The van der Waals surface area contributed by atoms with Crippen LogP contribution in [0.4, 0.5) is 0 Å². The Morgan fingerprint density at radius 2 is 1.16 bits per heavy atom. The Balaban J connectivity index is 1.30. The number of pyridine rings is 4. The summed E-state index contributed by atoms with van der Waals surface area (Å²) in [5.74, 6) is 1.83. The molecule has 6 heteroatoms. The number of para-hydroxylation sites is 1. The highest BCUT2D eigenvalue weighted by atomic mass is 15.1. The molecule has 6 nitrogen and oxygen atoms in total. The molecular weight excluding hydrogens is 540 g/mol. The van der Waals surface area contributed by atoms with Gasteiger partial charge in [0.2, 0.25) is 0 Å². The lowest BCUT2D eigenvalue weighted by atomic mass is 9.95. The molecule has 6 aromatic heterocycles. The van der Waals surface area contributed by atoms with E-state index >= 15 is 0 Å². The number of hydrogen-bond donors (Lipinski definition) is 0. The van der Waals surface area contributed by atoms with E-state index in [1.54, 1.807) is 0 Å². The molecular formula is C38H28N6. The van der Waals surface area contributed by atoms with Gasteiger partial charge in [0.05, 0.1) is 27.9 Å². The van der Waals surface area contributed by atoms with Gasteiger partial charge in [0.1, 0.15) is 11.6 Å². The number of aryl methyl sites for hydroxylation is 1. The second-order valence-corrected chi connectivity index (χ2v) is 11.4. The summed E-state index contributed by atoms with van der Waals surface area (Å²) < 4.78 is 4.73. The fraction of sp³-hybridized carbons (Fsp3) is 0.105. The maximum atomic E-state index is 5.04. The molecule has 2 aromatic carbocycles. The molecule has 9 rings (SSSR count). The van der Waals surface area contributed by atoms with Gasteiger partial charge in [-0.25, -0.2) is 9.97 Å². The maximum Gasteiger partial charge on any atom is 0.137 e. The number of hydrogen-bond acceptors (Lipinski definition) is 4. The molecule has 44 heavy (non-hydrogen) atoms. The quantitative estimate of drug-likeness (QED) is 0.214. The Hall–Kier alpha value is -5.62. The third-order valence-electron chi connectivity index (χ3n) is 8.94. The molecule has 0 N–H and O–H groups in total. The van der Waals surface area contributed by atoms with Gasteiger partial charge >= 0.3 is 0 Å². The normalized spacial score (nSPS) is 13.1. The van der Waals surface area contributed by atoms with E-state index in [-0.39, 0.29) is 0 Å². The van der Waals surface area contributed by atoms with Crippen LogP contribution in [-0.2, 0) is 12.8 Å². The SMILES string of the molecule is c1ccc(-c2ccc(-n3c4c(c5ccc6c(c7ccccc7n6-c6ccc(-c7ccccn7)cn6)c53)CCCC4)nc2)nc1. The maximum absolute atomic E-state index is 5.04. The molecule has 0 atom stereocenters. The van der Waals surface area contributed by atoms with Crippen LogP contribution in [0, 0.1) is 0 Å². The topological polar surface area (TPSA) is 61.4 Å². The van der Waals surface area contributed by atoms with E-state index in [0.717, 1.165) is 58.0 Å². The number of rotatable bonds is 4. The van der Waals surface area contributed by atoms with Gasteiger partial charge in [0.15, 0.2) is 0 Å². The van der Waals surface area contributed by atoms with Gasteiger partial charge in [-0.05, 0) is 91.9 Å². The number of fused-ring (bicyclic) bond motifs is 7. The first-order valence-corrected chi connectivity index (χ1v) is 15.2. The van der Waals surface area contributed by atoms with E-state index < -0.39 is 0 Å². The molecule has 1 aliphatic carbocycles. The number of aromatic nitrogens is 6. The van der Waals surface area contributed by atoms with Gasteiger partial charge in [0, 0.05) is 57.8 Å². The molecule has 0 unspecified atom stereocenters. The first-order valence-electron chi connectivity index (χ1n) is 15.2. The van der Waals surface area contributed by atoms with Gasteiger partial charge in [-0.1, -0.05) is 36.4 Å². The number of benzene rings is 2. The molecule has 0 fully saturated rings. The van der Waals surface area contributed by atoms with Crippen LogP contribution < -0.4 is 0 Å². The molecule has 0 saturated carbocycles. The van der Waals surface area contributed by atoms with Crippen molar-refractivity contribution in [3.05, 3.63) is 133 Å². The lowest BCUT2D eigenvalue weighted by Gasteiger charge is -2.16. The van der Waals surface area contributed by atoms with Crippen molar-refractivity contribution in [3.8, 4) is 34.2 Å². The highest BCUT2D eigenvalue weighted by Crippen LogP contribution is 2.42. The van der Waals surface area contributed by atoms with Crippen molar-refractivity contribution in [2.24, 2.45) is 0 Å². The molecule has 6 heterocycles. The van der Waals surface area contributed by atoms with E-state index in [1.807, 2.05) is 61.2 Å². The molecule has 0 bridgehead atoms. The zero-order valence-corrected chi connectivity index (χ0v) is 24.1. The summed E-state index contributed by atoms with van der Waals surface area (Å²) in [5.41, 5.74) is 10.2. The van der Waals surface area contributed by atoms with Gasteiger partial charge in [-0.3, -0.25) is 19.1 Å². The van der Waals surface area contributed by atoms with Crippen molar-refractivity contribution in [2.75, 3.05) is 0 Å². The Kier molecular flexibility index (Phi) is 5.66. The minimum Gasteiger partial charge on any atom is -0.297 e. The summed E-state index contributed by atoms with van der Waals surface area (Å²) in [6.07, 6.45) is 12.1. The second kappa shape index (κ2) is 9.99. The lowest BCUT2D eigenvalue weighted by molar-refractivity contribution is 0.665. The molecule has 0 spiro atoms. The molecule has 0 saturated heterocycles. The highest BCUT2D eigenvalue weighted by molar-refractivity contribution is 6.21. The largest absolute Gasteiger partial charge is 0.297 e. The Bertz CT molecular complexity index is 2300. The number of nitrogens with zero attached hydrogens (tertiary/aromatic N) is 6. The Morgan fingerprint density at radius 1 is 0.500 bits per heavy atom. The predicted molar refractivity (Wildman–Crippen MR) is 176 cm³/mol. The smallest absolute Gasteiger partial charge is 0.137 e. The van der Waals surface area contributed by atoms with E-state index in [4.69, 9.17) is 9.97 Å². The van der Waals surface area contributed by atoms with E-state index in [9.17, 15) is 0 Å². The summed E-state index contributed by atoms with van der Waals surface area (Å²) in [6.45, 7) is 0. The van der Waals surface area contributed by atoms with Crippen LogP contribution in [0.15, 0.2) is 122 Å². The minimum atomic E-state index is 0.885. The average molecular weight is 569 g/mol. The van der Waals surface area contributed by atoms with Crippen LogP contribution in [0.3, 0.4) is 0 Å². The van der Waals surface area contributed by atoms with Gasteiger partial charge < -0.3 is 0 Å². The molecule has 0 radical (unpaired) electrons. The average Bonchev–Trinajstić information content (AvgIpc) is 3.62. The predicted octanol–water partition coefficient (Wildman–Crippen LogP) is 8.52. The first kappa shape index (κ1) is 24.9. The fourth-order valence-electron chi connectivity index (χ4n) is 6.99. The van der Waals surface area contributed by atoms with Crippen LogP contribution in [-0.4, -0.2) is 29.1 Å². The standard InChI is InChI=1S/C38H28N6/c1-3-13-32-27(9-1)28-17-18-34-37(38(28)44(32)36-20-16-26(24-42-36)31-12-6-8-22-40-31)29-10-2-4-14-33(29)43(34)35-19-15-25(23-41-35)30-11-5-7-21-39-30/h2,4-8,10-12,14-24H,1,3,9,13H2. The van der Waals surface area contributed by atoms with Crippen molar-refractivity contribution in [1.82, 2.24) is 29.1 Å². The second-order valence-electron chi connectivity index (χ2n) is 11.4. The monoisotopic (exact) mass is 568 g/mol. The summed E-state index contributed by atoms with van der Waals surface area (Å²) >= 11 is 0. The van der Waals surface area contributed by atoms with Crippen LogP contribution >= 0.6 is 0 Å². The molecule has 210 valence electrons. The van der Waals surface area contributed by atoms with E-state index in [0.29, 0.717) is 0 Å². The molecule has 0 amide bonds.